The molecular weight excluding hydrogens is 258 g/mol. The van der Waals surface area contributed by atoms with Gasteiger partial charge in [0.1, 0.15) is 11.5 Å². The zero-order valence-corrected chi connectivity index (χ0v) is 11.6. The van der Waals surface area contributed by atoms with Gasteiger partial charge in [0.2, 0.25) is 0 Å². The van der Waals surface area contributed by atoms with Crippen LogP contribution in [0.1, 0.15) is 0 Å². The molecule has 0 fully saturated rings. The zero-order valence-electron chi connectivity index (χ0n) is 11.6. The van der Waals surface area contributed by atoms with Gasteiger partial charge in [-0.1, -0.05) is 0 Å². The van der Waals surface area contributed by atoms with Gasteiger partial charge in [0.25, 0.3) is 0 Å². The maximum absolute atomic E-state index is 9.95. The molecule has 1 atom stereocenters. The molecule has 0 saturated heterocycles. The molecule has 1 heterocycles. The number of aliphatic hydroxyl groups excluding tert-OH is 1. The number of nitrogens with zero attached hydrogens (tertiary/aromatic N) is 2. The molecule has 0 bridgehead atoms. The van der Waals surface area contributed by atoms with Crippen molar-refractivity contribution < 1.29 is 14.6 Å². The van der Waals surface area contributed by atoms with E-state index in [1.807, 2.05) is 24.4 Å². The summed E-state index contributed by atoms with van der Waals surface area (Å²) in [5.41, 5.74) is 0.834. The van der Waals surface area contributed by atoms with E-state index >= 15 is 0 Å². The number of hydrogen-bond donors (Lipinski definition) is 2. The predicted octanol–water partition coefficient (Wildman–Crippen LogP) is 1.37. The summed E-state index contributed by atoms with van der Waals surface area (Å²) in [5, 5.41) is 17.2. The van der Waals surface area contributed by atoms with Crippen molar-refractivity contribution in [3.8, 4) is 11.5 Å². The van der Waals surface area contributed by atoms with Crippen LogP contribution in [0.15, 0.2) is 36.7 Å². The van der Waals surface area contributed by atoms with Gasteiger partial charge in [0.15, 0.2) is 0 Å². The van der Waals surface area contributed by atoms with Gasteiger partial charge in [0, 0.05) is 42.8 Å². The summed E-state index contributed by atoms with van der Waals surface area (Å²) in [7, 11) is 3.20. The first-order valence-corrected chi connectivity index (χ1v) is 6.33. The molecule has 108 valence electrons. The SMILES string of the molecule is COc1cc(NCC(O)Cn2cccn2)cc(OC)c1. The lowest BCUT2D eigenvalue weighted by molar-refractivity contribution is 0.161. The number of aliphatic hydroxyl groups is 1. The summed E-state index contributed by atoms with van der Waals surface area (Å²) < 4.78 is 12.1. The molecule has 1 aromatic heterocycles. The first-order valence-electron chi connectivity index (χ1n) is 6.33. The highest BCUT2D eigenvalue weighted by Gasteiger charge is 2.07. The molecule has 0 radical (unpaired) electrons. The molecule has 0 aliphatic heterocycles. The maximum Gasteiger partial charge on any atom is 0.124 e. The van der Waals surface area contributed by atoms with E-state index in [0.29, 0.717) is 24.6 Å². The van der Waals surface area contributed by atoms with Crippen LogP contribution in [0.4, 0.5) is 5.69 Å². The fourth-order valence-corrected chi connectivity index (χ4v) is 1.83. The normalized spacial score (nSPS) is 11.9. The quantitative estimate of drug-likeness (QED) is 0.800. The molecule has 0 aliphatic carbocycles. The van der Waals surface area contributed by atoms with Gasteiger partial charge in [-0.2, -0.15) is 5.10 Å². The number of rotatable bonds is 7. The fraction of sp³-hybridized carbons (Fsp3) is 0.357. The lowest BCUT2D eigenvalue weighted by Crippen LogP contribution is -2.25. The fourth-order valence-electron chi connectivity index (χ4n) is 1.83. The van der Waals surface area contributed by atoms with E-state index < -0.39 is 6.10 Å². The monoisotopic (exact) mass is 277 g/mol. The van der Waals surface area contributed by atoms with Crippen LogP contribution in [0.3, 0.4) is 0 Å². The highest BCUT2D eigenvalue weighted by atomic mass is 16.5. The summed E-state index contributed by atoms with van der Waals surface area (Å²) in [6.45, 7) is 0.858. The average molecular weight is 277 g/mol. The van der Waals surface area contributed by atoms with Crippen LogP contribution in [0.2, 0.25) is 0 Å². The minimum atomic E-state index is -0.535. The van der Waals surface area contributed by atoms with Crippen molar-refractivity contribution in [1.82, 2.24) is 9.78 Å². The Labute approximate surface area is 117 Å². The molecule has 6 nitrogen and oxygen atoms in total. The van der Waals surface area contributed by atoms with Gasteiger partial charge in [-0.3, -0.25) is 4.68 Å². The van der Waals surface area contributed by atoms with Crippen LogP contribution < -0.4 is 14.8 Å². The lowest BCUT2D eigenvalue weighted by atomic mass is 10.2. The Balaban J connectivity index is 1.92. The largest absolute Gasteiger partial charge is 0.497 e. The van der Waals surface area contributed by atoms with Gasteiger partial charge in [-0.15, -0.1) is 0 Å². The third-order valence-electron chi connectivity index (χ3n) is 2.85. The van der Waals surface area contributed by atoms with Crippen LogP contribution >= 0.6 is 0 Å². The number of methoxy groups -OCH3 is 2. The number of nitrogens with one attached hydrogen (secondary N) is 1. The molecule has 20 heavy (non-hydrogen) atoms. The van der Waals surface area contributed by atoms with E-state index in [4.69, 9.17) is 9.47 Å². The van der Waals surface area contributed by atoms with Crippen LogP contribution in [-0.4, -0.2) is 41.8 Å². The second-order valence-corrected chi connectivity index (χ2v) is 4.36. The van der Waals surface area contributed by atoms with Crippen molar-refractivity contribution in [1.29, 1.82) is 0 Å². The summed E-state index contributed by atoms with van der Waals surface area (Å²) in [5.74, 6) is 1.40. The molecule has 0 amide bonds. The topological polar surface area (TPSA) is 68.5 Å². The molecule has 1 aromatic carbocycles. The molecule has 1 unspecified atom stereocenters. The smallest absolute Gasteiger partial charge is 0.124 e. The van der Waals surface area contributed by atoms with E-state index in [9.17, 15) is 5.11 Å². The zero-order chi connectivity index (χ0) is 14.4. The molecule has 0 saturated carbocycles. The minimum absolute atomic E-state index is 0.413. The average Bonchev–Trinajstić information content (AvgIpc) is 2.97. The summed E-state index contributed by atoms with van der Waals surface area (Å²) in [6.07, 6.45) is 2.97. The number of aromatic nitrogens is 2. The van der Waals surface area contributed by atoms with Gasteiger partial charge < -0.3 is 19.9 Å². The van der Waals surface area contributed by atoms with Gasteiger partial charge in [-0.05, 0) is 6.07 Å². The van der Waals surface area contributed by atoms with Crippen molar-refractivity contribution in [3.63, 3.8) is 0 Å². The standard InChI is InChI=1S/C14H19N3O3/c1-19-13-6-11(7-14(8-13)20-2)15-9-12(18)10-17-5-3-4-16-17/h3-8,12,15,18H,9-10H2,1-2H3. The van der Waals surface area contributed by atoms with E-state index in [1.54, 1.807) is 31.2 Å². The van der Waals surface area contributed by atoms with Gasteiger partial charge in [-0.25, -0.2) is 0 Å². The molecule has 0 aliphatic rings. The third-order valence-corrected chi connectivity index (χ3v) is 2.85. The van der Waals surface area contributed by atoms with Crippen molar-refractivity contribution in [3.05, 3.63) is 36.7 Å². The molecular formula is C14H19N3O3. The van der Waals surface area contributed by atoms with Crippen molar-refractivity contribution in [2.45, 2.75) is 12.6 Å². The van der Waals surface area contributed by atoms with E-state index in [0.717, 1.165) is 5.69 Å². The van der Waals surface area contributed by atoms with E-state index in [-0.39, 0.29) is 0 Å². The Hall–Kier alpha value is -2.21. The number of ether oxygens (including phenoxy) is 2. The summed E-state index contributed by atoms with van der Waals surface area (Å²) in [4.78, 5) is 0. The maximum atomic E-state index is 9.95. The van der Waals surface area contributed by atoms with E-state index in [2.05, 4.69) is 10.4 Å². The van der Waals surface area contributed by atoms with Gasteiger partial charge in [0.05, 0.1) is 26.9 Å². The number of anilines is 1. The number of benzene rings is 1. The summed E-state index contributed by atoms with van der Waals surface area (Å²) >= 11 is 0. The van der Waals surface area contributed by atoms with Crippen LogP contribution in [0, 0.1) is 0 Å². The highest BCUT2D eigenvalue weighted by molar-refractivity contribution is 5.53. The van der Waals surface area contributed by atoms with E-state index in [1.165, 1.54) is 0 Å². The molecule has 0 spiro atoms. The third kappa shape index (κ3) is 3.89. The highest BCUT2D eigenvalue weighted by Crippen LogP contribution is 2.25. The molecule has 2 N–H and O–H groups in total. The van der Waals surface area contributed by atoms with Crippen LogP contribution in [-0.2, 0) is 6.54 Å². The second kappa shape index (κ2) is 6.81. The van der Waals surface area contributed by atoms with Crippen LogP contribution in [0.5, 0.6) is 11.5 Å². The minimum Gasteiger partial charge on any atom is -0.497 e. The first-order chi connectivity index (χ1) is 9.71. The first kappa shape index (κ1) is 14.2. The van der Waals surface area contributed by atoms with Crippen molar-refractivity contribution >= 4 is 5.69 Å². The summed E-state index contributed by atoms with van der Waals surface area (Å²) in [6, 6.07) is 7.32. The molecule has 6 heteroatoms. The Bertz CT molecular complexity index is 506. The Kier molecular flexibility index (Phi) is 4.84. The Morgan fingerprint density at radius 2 is 1.95 bits per heavy atom. The molecule has 2 rings (SSSR count). The Morgan fingerprint density at radius 1 is 1.25 bits per heavy atom. The lowest BCUT2D eigenvalue weighted by Gasteiger charge is -2.14. The Morgan fingerprint density at radius 3 is 2.50 bits per heavy atom. The van der Waals surface area contributed by atoms with Gasteiger partial charge >= 0.3 is 0 Å². The predicted molar refractivity (Wildman–Crippen MR) is 76.3 cm³/mol. The molecule has 2 aromatic rings. The van der Waals surface area contributed by atoms with Crippen LogP contribution in [0.25, 0.3) is 0 Å². The second-order valence-electron chi connectivity index (χ2n) is 4.36. The van der Waals surface area contributed by atoms with Crippen molar-refractivity contribution in [2.24, 2.45) is 0 Å². The number of hydrogen-bond acceptors (Lipinski definition) is 5. The van der Waals surface area contributed by atoms with Crippen molar-refractivity contribution in [2.75, 3.05) is 26.1 Å².